The molecule has 17 heavy (non-hydrogen) atoms. The number of anilines is 1. The molecular formula is C11H10ClN3OS. The SMILES string of the molecule is Nc1cc(Cl)cc(C(=O)NCc2cscn2)c1. The molecule has 1 aromatic heterocycles. The van der Waals surface area contributed by atoms with Gasteiger partial charge in [0.25, 0.3) is 5.91 Å². The van der Waals surface area contributed by atoms with Gasteiger partial charge in [0.05, 0.1) is 17.7 Å². The van der Waals surface area contributed by atoms with E-state index in [1.54, 1.807) is 23.7 Å². The van der Waals surface area contributed by atoms with Crippen LogP contribution in [0.3, 0.4) is 0 Å². The molecule has 0 bridgehead atoms. The highest BCUT2D eigenvalue weighted by Crippen LogP contribution is 2.16. The Hall–Kier alpha value is -1.59. The van der Waals surface area contributed by atoms with Gasteiger partial charge in [-0.1, -0.05) is 11.6 Å². The number of carbonyl (C=O) groups excluding carboxylic acids is 1. The van der Waals surface area contributed by atoms with E-state index < -0.39 is 0 Å². The van der Waals surface area contributed by atoms with Crippen molar-refractivity contribution >= 4 is 34.5 Å². The van der Waals surface area contributed by atoms with Crippen LogP contribution in [0.2, 0.25) is 5.02 Å². The largest absolute Gasteiger partial charge is 0.399 e. The van der Waals surface area contributed by atoms with E-state index in [4.69, 9.17) is 17.3 Å². The highest BCUT2D eigenvalue weighted by atomic mass is 35.5. The van der Waals surface area contributed by atoms with Crippen molar-refractivity contribution in [2.45, 2.75) is 6.54 Å². The van der Waals surface area contributed by atoms with Gasteiger partial charge < -0.3 is 11.1 Å². The quantitative estimate of drug-likeness (QED) is 0.839. The minimum atomic E-state index is -0.216. The third-order valence-corrected chi connectivity index (χ3v) is 2.95. The summed E-state index contributed by atoms with van der Waals surface area (Å²) < 4.78 is 0. The minimum Gasteiger partial charge on any atom is -0.399 e. The lowest BCUT2D eigenvalue weighted by Crippen LogP contribution is -2.23. The first-order valence-electron chi connectivity index (χ1n) is 4.86. The van der Waals surface area contributed by atoms with Crippen LogP contribution in [0.15, 0.2) is 29.1 Å². The van der Waals surface area contributed by atoms with Crippen LogP contribution in [-0.2, 0) is 6.54 Å². The standard InChI is InChI=1S/C11H10ClN3OS/c12-8-1-7(2-9(13)3-8)11(16)14-4-10-5-17-6-15-10/h1-3,5-6H,4,13H2,(H,14,16). The number of hydrogen-bond acceptors (Lipinski definition) is 4. The zero-order valence-corrected chi connectivity index (χ0v) is 10.4. The van der Waals surface area contributed by atoms with Crippen LogP contribution < -0.4 is 11.1 Å². The summed E-state index contributed by atoms with van der Waals surface area (Å²) in [5.74, 6) is -0.216. The maximum Gasteiger partial charge on any atom is 0.251 e. The van der Waals surface area contributed by atoms with Gasteiger partial charge in [0.1, 0.15) is 0 Å². The molecule has 0 atom stereocenters. The Morgan fingerprint density at radius 3 is 2.94 bits per heavy atom. The van der Waals surface area contributed by atoms with Gasteiger partial charge in [0.2, 0.25) is 0 Å². The van der Waals surface area contributed by atoms with E-state index in [0.717, 1.165) is 5.69 Å². The van der Waals surface area contributed by atoms with Crippen LogP contribution >= 0.6 is 22.9 Å². The Labute approximate surface area is 107 Å². The van der Waals surface area contributed by atoms with Gasteiger partial charge in [-0.25, -0.2) is 4.98 Å². The van der Waals surface area contributed by atoms with E-state index in [2.05, 4.69) is 10.3 Å². The van der Waals surface area contributed by atoms with E-state index >= 15 is 0 Å². The number of amides is 1. The zero-order chi connectivity index (χ0) is 12.3. The molecule has 0 aliphatic rings. The molecule has 88 valence electrons. The molecule has 0 spiro atoms. The van der Waals surface area contributed by atoms with Gasteiger partial charge in [-0.05, 0) is 18.2 Å². The van der Waals surface area contributed by atoms with Crippen LogP contribution in [0.25, 0.3) is 0 Å². The lowest BCUT2D eigenvalue weighted by Gasteiger charge is -2.05. The molecule has 1 heterocycles. The molecule has 6 heteroatoms. The Morgan fingerprint density at radius 1 is 1.47 bits per heavy atom. The van der Waals surface area contributed by atoms with Gasteiger partial charge in [0.15, 0.2) is 0 Å². The van der Waals surface area contributed by atoms with Crippen LogP contribution in [0.5, 0.6) is 0 Å². The first-order chi connectivity index (χ1) is 8.15. The molecule has 3 N–H and O–H groups in total. The summed E-state index contributed by atoms with van der Waals surface area (Å²) in [5, 5.41) is 5.08. The van der Waals surface area contributed by atoms with E-state index in [1.807, 2.05) is 5.38 Å². The molecule has 0 unspecified atom stereocenters. The van der Waals surface area contributed by atoms with Crippen molar-refractivity contribution in [2.75, 3.05) is 5.73 Å². The maximum atomic E-state index is 11.8. The van der Waals surface area contributed by atoms with Crippen molar-refractivity contribution in [1.82, 2.24) is 10.3 Å². The van der Waals surface area contributed by atoms with Crippen LogP contribution in [-0.4, -0.2) is 10.9 Å². The third-order valence-electron chi connectivity index (χ3n) is 2.10. The highest BCUT2D eigenvalue weighted by Gasteiger charge is 2.07. The van der Waals surface area contributed by atoms with E-state index in [-0.39, 0.29) is 5.91 Å². The summed E-state index contributed by atoms with van der Waals surface area (Å²) in [7, 11) is 0. The van der Waals surface area contributed by atoms with Gasteiger partial charge in [-0.2, -0.15) is 0 Å². The molecule has 0 saturated carbocycles. The predicted octanol–water partition coefficient (Wildman–Crippen LogP) is 2.31. The summed E-state index contributed by atoms with van der Waals surface area (Å²) >= 11 is 7.31. The predicted molar refractivity (Wildman–Crippen MR) is 69.1 cm³/mol. The van der Waals surface area contributed by atoms with Crippen molar-refractivity contribution in [3.8, 4) is 0 Å². The van der Waals surface area contributed by atoms with E-state index in [0.29, 0.717) is 22.8 Å². The lowest BCUT2D eigenvalue weighted by atomic mass is 10.2. The molecule has 4 nitrogen and oxygen atoms in total. The van der Waals surface area contributed by atoms with Crippen LogP contribution in [0.4, 0.5) is 5.69 Å². The number of aromatic nitrogens is 1. The number of hydrogen-bond donors (Lipinski definition) is 2. The first kappa shape index (κ1) is 11.9. The molecule has 2 rings (SSSR count). The van der Waals surface area contributed by atoms with Crippen LogP contribution in [0.1, 0.15) is 16.1 Å². The number of nitrogens with two attached hydrogens (primary N) is 1. The van der Waals surface area contributed by atoms with E-state index in [1.165, 1.54) is 11.3 Å². The smallest absolute Gasteiger partial charge is 0.251 e. The van der Waals surface area contributed by atoms with Crippen molar-refractivity contribution in [3.05, 3.63) is 45.4 Å². The van der Waals surface area contributed by atoms with Crippen molar-refractivity contribution in [3.63, 3.8) is 0 Å². The summed E-state index contributed by atoms with van der Waals surface area (Å²) in [5.41, 5.74) is 9.08. The number of nitrogen functional groups attached to an aromatic ring is 1. The van der Waals surface area contributed by atoms with Gasteiger partial charge in [-0.3, -0.25) is 4.79 Å². The second-order valence-electron chi connectivity index (χ2n) is 3.44. The fourth-order valence-electron chi connectivity index (χ4n) is 1.34. The van der Waals surface area contributed by atoms with Crippen LogP contribution in [0, 0.1) is 0 Å². The number of halogens is 1. The molecule has 0 aliphatic heterocycles. The van der Waals surface area contributed by atoms with Gasteiger partial charge >= 0.3 is 0 Å². The Morgan fingerprint density at radius 2 is 2.29 bits per heavy atom. The summed E-state index contributed by atoms with van der Waals surface area (Å²) in [6.45, 7) is 0.398. The number of thiazole rings is 1. The number of nitrogens with zero attached hydrogens (tertiary/aromatic N) is 1. The summed E-state index contributed by atoms with van der Waals surface area (Å²) in [6, 6.07) is 4.76. The molecule has 0 fully saturated rings. The molecule has 2 aromatic rings. The van der Waals surface area contributed by atoms with Crippen molar-refractivity contribution in [1.29, 1.82) is 0 Å². The summed E-state index contributed by atoms with van der Waals surface area (Å²) in [6.07, 6.45) is 0. The molecule has 0 radical (unpaired) electrons. The highest BCUT2D eigenvalue weighted by molar-refractivity contribution is 7.07. The molecule has 0 saturated heterocycles. The number of nitrogens with one attached hydrogen (secondary N) is 1. The maximum absolute atomic E-state index is 11.8. The Kier molecular flexibility index (Phi) is 3.61. The average Bonchev–Trinajstić information content (AvgIpc) is 2.77. The molecule has 0 aliphatic carbocycles. The van der Waals surface area contributed by atoms with Crippen molar-refractivity contribution < 1.29 is 4.79 Å². The normalized spacial score (nSPS) is 10.2. The molecular weight excluding hydrogens is 258 g/mol. The molecule has 1 aromatic carbocycles. The fraction of sp³-hybridized carbons (Fsp3) is 0.0909. The van der Waals surface area contributed by atoms with Crippen molar-refractivity contribution in [2.24, 2.45) is 0 Å². The molecule has 1 amide bonds. The second-order valence-corrected chi connectivity index (χ2v) is 4.59. The number of carbonyl (C=O) groups is 1. The lowest BCUT2D eigenvalue weighted by molar-refractivity contribution is 0.0950. The number of benzene rings is 1. The first-order valence-corrected chi connectivity index (χ1v) is 6.18. The zero-order valence-electron chi connectivity index (χ0n) is 8.81. The average molecular weight is 268 g/mol. The minimum absolute atomic E-state index is 0.216. The second kappa shape index (κ2) is 5.16. The topological polar surface area (TPSA) is 68.0 Å². The van der Waals surface area contributed by atoms with Gasteiger partial charge in [-0.15, -0.1) is 11.3 Å². The van der Waals surface area contributed by atoms with E-state index in [9.17, 15) is 4.79 Å². The Balaban J connectivity index is 2.04. The number of rotatable bonds is 3. The fourth-order valence-corrected chi connectivity index (χ4v) is 2.14. The Bertz CT molecular complexity index is 507. The van der Waals surface area contributed by atoms with Gasteiger partial charge in [0, 0.05) is 21.7 Å². The monoisotopic (exact) mass is 267 g/mol. The summed E-state index contributed by atoms with van der Waals surface area (Å²) in [4.78, 5) is 15.9. The third kappa shape index (κ3) is 3.18.